The summed E-state index contributed by atoms with van der Waals surface area (Å²) in [4.78, 5) is 0. The van der Waals surface area contributed by atoms with Crippen LogP contribution in [0.3, 0.4) is 0 Å². The highest BCUT2D eigenvalue weighted by atomic mass is 28.5. The molecule has 0 aromatic heterocycles. The number of hydrogen-bond acceptors (Lipinski definition) is 4. The van der Waals surface area contributed by atoms with Gasteiger partial charge in [0.25, 0.3) is 0 Å². The van der Waals surface area contributed by atoms with Gasteiger partial charge in [-0.1, -0.05) is 62.3 Å². The SMILES string of the molecule is B[C@@H]1O[C@@H]2CO[Si](C(C)C)(C(C)C)O[Si](C(C)C)(C(C)C)O[C@@H]2C1C. The Morgan fingerprint density at radius 2 is 1.32 bits per heavy atom. The van der Waals surface area contributed by atoms with E-state index in [1.165, 1.54) is 0 Å². The molecule has 2 aliphatic heterocycles. The lowest BCUT2D eigenvalue weighted by Crippen LogP contribution is -2.65. The van der Waals surface area contributed by atoms with Crippen molar-refractivity contribution >= 4 is 25.0 Å². The van der Waals surface area contributed by atoms with Crippen molar-refractivity contribution in [3.8, 4) is 0 Å². The van der Waals surface area contributed by atoms with Crippen molar-refractivity contribution < 1.29 is 17.7 Å². The minimum absolute atomic E-state index is 0.0302. The minimum Gasteiger partial charge on any atom is -0.414 e. The first-order valence-corrected chi connectivity index (χ1v) is 14.1. The Bertz CT molecular complexity index is 442. The Balaban J connectivity index is 2.53. The summed E-state index contributed by atoms with van der Waals surface area (Å²) in [6.45, 7) is 20.9. The third kappa shape index (κ3) is 3.69. The quantitative estimate of drug-likeness (QED) is 0.686. The zero-order valence-corrected chi connectivity index (χ0v) is 20.0. The van der Waals surface area contributed by atoms with E-state index in [4.69, 9.17) is 17.7 Å². The van der Waals surface area contributed by atoms with Crippen LogP contribution >= 0.6 is 0 Å². The highest BCUT2D eigenvalue weighted by Crippen LogP contribution is 2.47. The van der Waals surface area contributed by atoms with Crippen LogP contribution in [0.1, 0.15) is 62.3 Å². The Morgan fingerprint density at radius 1 is 0.840 bits per heavy atom. The van der Waals surface area contributed by atoms with Crippen LogP contribution in [0.15, 0.2) is 0 Å². The summed E-state index contributed by atoms with van der Waals surface area (Å²) < 4.78 is 27.2. The van der Waals surface area contributed by atoms with E-state index >= 15 is 0 Å². The molecular formula is C18H39BO4Si2. The maximum absolute atomic E-state index is 7.18. The van der Waals surface area contributed by atoms with Gasteiger partial charge in [0.15, 0.2) is 0 Å². The molecule has 0 saturated carbocycles. The van der Waals surface area contributed by atoms with E-state index in [-0.39, 0.29) is 18.2 Å². The fraction of sp³-hybridized carbons (Fsp3) is 1.00. The van der Waals surface area contributed by atoms with Gasteiger partial charge in [0.2, 0.25) is 0 Å². The van der Waals surface area contributed by atoms with E-state index in [2.05, 4.69) is 70.2 Å². The zero-order valence-electron chi connectivity index (χ0n) is 18.0. The van der Waals surface area contributed by atoms with Gasteiger partial charge in [-0.05, 0) is 22.2 Å². The predicted octanol–water partition coefficient (Wildman–Crippen LogP) is 3.94. The molecule has 4 nitrogen and oxygen atoms in total. The van der Waals surface area contributed by atoms with Crippen LogP contribution in [-0.4, -0.2) is 49.8 Å². The molecule has 2 saturated heterocycles. The summed E-state index contributed by atoms with van der Waals surface area (Å²) in [5.74, 6) is 0.369. The van der Waals surface area contributed by atoms with Gasteiger partial charge in [0, 0.05) is 11.9 Å². The lowest BCUT2D eigenvalue weighted by atomic mass is 9.86. The fourth-order valence-corrected chi connectivity index (χ4v) is 15.8. The second kappa shape index (κ2) is 7.76. The van der Waals surface area contributed by atoms with Gasteiger partial charge in [-0.15, -0.1) is 0 Å². The zero-order chi connectivity index (χ0) is 19.2. The fourth-order valence-electron chi connectivity index (χ4n) is 4.54. The molecule has 25 heavy (non-hydrogen) atoms. The Morgan fingerprint density at radius 3 is 1.76 bits per heavy atom. The number of rotatable bonds is 4. The van der Waals surface area contributed by atoms with E-state index in [1.54, 1.807) is 0 Å². The standard InChI is InChI=1S/C18H39BO4Si2/c1-11(2)24(12(3)4)20-10-16-17(15(9)18(19)21-16)22-25(23-24,13(5)6)14(7)8/h11-18H,10,19H2,1-9H3/t15?,16-,17-,18-/m1/s1. The van der Waals surface area contributed by atoms with Crippen molar-refractivity contribution in [3.05, 3.63) is 0 Å². The molecular weight excluding hydrogens is 347 g/mol. The predicted molar refractivity (Wildman–Crippen MR) is 110 cm³/mol. The number of ether oxygens (including phenoxy) is 1. The molecule has 2 fully saturated rings. The first-order valence-electron chi connectivity index (χ1n) is 10.1. The van der Waals surface area contributed by atoms with E-state index in [0.29, 0.717) is 34.7 Å². The lowest BCUT2D eigenvalue weighted by molar-refractivity contribution is -0.0267. The van der Waals surface area contributed by atoms with Crippen LogP contribution in [0, 0.1) is 5.92 Å². The number of hydrogen-bond donors (Lipinski definition) is 0. The smallest absolute Gasteiger partial charge is 0.335 e. The van der Waals surface area contributed by atoms with Crippen molar-refractivity contribution in [1.82, 2.24) is 0 Å². The molecule has 4 atom stereocenters. The van der Waals surface area contributed by atoms with Gasteiger partial charge in [-0.25, -0.2) is 0 Å². The van der Waals surface area contributed by atoms with Gasteiger partial charge in [-0.3, -0.25) is 0 Å². The third-order valence-electron chi connectivity index (χ3n) is 6.35. The second-order valence-corrected chi connectivity index (χ2v) is 18.1. The average Bonchev–Trinajstić information content (AvgIpc) is 2.73. The molecule has 7 heteroatoms. The normalized spacial score (nSPS) is 35.2. The maximum Gasteiger partial charge on any atom is 0.335 e. The van der Waals surface area contributed by atoms with E-state index in [9.17, 15) is 0 Å². The summed E-state index contributed by atoms with van der Waals surface area (Å²) in [5.41, 5.74) is 1.52. The maximum atomic E-state index is 7.18. The van der Waals surface area contributed by atoms with Gasteiger partial charge in [0.05, 0.1) is 12.7 Å². The number of fused-ring (bicyclic) bond motifs is 1. The molecule has 0 spiro atoms. The van der Waals surface area contributed by atoms with Gasteiger partial charge < -0.3 is 17.7 Å². The van der Waals surface area contributed by atoms with Gasteiger partial charge in [0.1, 0.15) is 14.0 Å². The topological polar surface area (TPSA) is 36.9 Å². The van der Waals surface area contributed by atoms with Crippen molar-refractivity contribution in [2.45, 2.75) is 103 Å². The molecule has 0 aromatic rings. The molecule has 0 radical (unpaired) electrons. The Kier molecular flexibility index (Phi) is 6.71. The third-order valence-corrected chi connectivity index (χ3v) is 16.6. The lowest BCUT2D eigenvalue weighted by Gasteiger charge is -2.51. The van der Waals surface area contributed by atoms with Crippen molar-refractivity contribution in [3.63, 3.8) is 0 Å². The molecule has 0 aromatic carbocycles. The molecule has 0 bridgehead atoms. The summed E-state index contributed by atoms with van der Waals surface area (Å²) in [7, 11) is -2.75. The molecule has 146 valence electrons. The summed E-state index contributed by atoms with van der Waals surface area (Å²) >= 11 is 0. The molecule has 2 aliphatic rings. The summed E-state index contributed by atoms with van der Waals surface area (Å²) in [5, 5.41) is 0. The molecule has 1 unspecified atom stereocenters. The average molecular weight is 386 g/mol. The van der Waals surface area contributed by atoms with Crippen molar-refractivity contribution in [1.29, 1.82) is 0 Å². The summed E-state index contributed by atoms with van der Waals surface area (Å²) in [6, 6.07) is 0.205. The van der Waals surface area contributed by atoms with Gasteiger partial charge >= 0.3 is 17.1 Å². The Hall–Kier alpha value is 0.339. The van der Waals surface area contributed by atoms with E-state index in [0.717, 1.165) is 0 Å². The minimum atomic E-state index is -2.48. The van der Waals surface area contributed by atoms with E-state index < -0.39 is 17.1 Å². The molecule has 2 rings (SSSR count). The van der Waals surface area contributed by atoms with Crippen LogP contribution in [0.4, 0.5) is 0 Å². The van der Waals surface area contributed by atoms with Crippen LogP contribution < -0.4 is 0 Å². The van der Waals surface area contributed by atoms with Crippen LogP contribution in [-0.2, 0) is 17.7 Å². The second-order valence-electron chi connectivity index (χ2n) is 9.30. The van der Waals surface area contributed by atoms with Crippen molar-refractivity contribution in [2.24, 2.45) is 5.92 Å². The molecule has 0 aliphatic carbocycles. The first-order chi connectivity index (χ1) is 11.5. The van der Waals surface area contributed by atoms with Crippen LogP contribution in [0.2, 0.25) is 22.2 Å². The monoisotopic (exact) mass is 386 g/mol. The van der Waals surface area contributed by atoms with Gasteiger partial charge in [-0.2, -0.15) is 0 Å². The van der Waals surface area contributed by atoms with Crippen LogP contribution in [0.25, 0.3) is 0 Å². The first kappa shape index (κ1) is 21.6. The molecule has 2 heterocycles. The van der Waals surface area contributed by atoms with Crippen molar-refractivity contribution in [2.75, 3.05) is 6.61 Å². The van der Waals surface area contributed by atoms with E-state index in [1.807, 2.05) is 0 Å². The molecule has 0 amide bonds. The highest BCUT2D eigenvalue weighted by Gasteiger charge is 2.60. The molecule has 0 N–H and O–H groups in total. The largest absolute Gasteiger partial charge is 0.414 e. The van der Waals surface area contributed by atoms with Crippen LogP contribution in [0.5, 0.6) is 0 Å². The summed E-state index contributed by atoms with van der Waals surface area (Å²) in [6.07, 6.45) is 0.112. The Labute approximate surface area is 158 Å². The highest BCUT2D eigenvalue weighted by molar-refractivity contribution is 6.83.